The van der Waals surface area contributed by atoms with Crippen LogP contribution in [0.5, 0.6) is 0 Å². The number of hydrogen-bond donors (Lipinski definition) is 1. The minimum atomic E-state index is -2.51. The van der Waals surface area contributed by atoms with Gasteiger partial charge >= 0.3 is 0 Å². The van der Waals surface area contributed by atoms with Crippen LogP contribution in [0.15, 0.2) is 24.3 Å². The Morgan fingerprint density at radius 1 is 1.14 bits per heavy atom. The lowest BCUT2D eigenvalue weighted by atomic mass is 10.0. The Morgan fingerprint density at radius 3 is 2.10 bits per heavy atom. The van der Waals surface area contributed by atoms with Gasteiger partial charge in [0.05, 0.1) is 11.0 Å². The van der Waals surface area contributed by atoms with Gasteiger partial charge in [0, 0.05) is 38.3 Å². The van der Waals surface area contributed by atoms with Crippen molar-refractivity contribution in [3.05, 3.63) is 39.9 Å². The molecule has 0 aromatic heterocycles. The van der Waals surface area contributed by atoms with E-state index in [-0.39, 0.29) is 30.5 Å². The van der Waals surface area contributed by atoms with E-state index in [2.05, 4.69) is 5.32 Å². The summed E-state index contributed by atoms with van der Waals surface area (Å²) in [5.74, 6) is 0. The van der Waals surface area contributed by atoms with Gasteiger partial charge in [0.15, 0.2) is 0 Å². The van der Waals surface area contributed by atoms with Crippen LogP contribution in [0, 0.1) is 10.1 Å². The predicted octanol–water partition coefficient (Wildman–Crippen LogP) is 2.65. The molecule has 1 aromatic carbocycles. The zero-order valence-corrected chi connectivity index (χ0v) is 12.7. The highest BCUT2D eigenvalue weighted by atomic mass is 35.5. The van der Waals surface area contributed by atoms with Crippen molar-refractivity contribution in [2.24, 2.45) is 0 Å². The molecular weight excluding hydrogens is 327 g/mol. The van der Waals surface area contributed by atoms with Crippen molar-refractivity contribution in [1.29, 1.82) is 0 Å². The maximum absolute atomic E-state index is 13.2. The zero-order chi connectivity index (χ0) is 13.8. The number of alkyl halides is 2. The Bertz CT molecular complexity index is 443. The Morgan fingerprint density at radius 2 is 1.67 bits per heavy atom. The van der Waals surface area contributed by atoms with Crippen LogP contribution in [0.4, 0.5) is 14.5 Å². The van der Waals surface area contributed by atoms with Crippen molar-refractivity contribution in [3.63, 3.8) is 0 Å². The van der Waals surface area contributed by atoms with Crippen LogP contribution in [0.2, 0.25) is 0 Å². The molecule has 1 N–H and O–H groups in total. The average molecular weight is 344 g/mol. The highest BCUT2D eigenvalue weighted by Crippen LogP contribution is 2.29. The van der Waals surface area contributed by atoms with Crippen molar-refractivity contribution >= 4 is 30.5 Å². The van der Waals surface area contributed by atoms with Gasteiger partial charge in [-0.15, -0.1) is 24.8 Å². The third-order valence-corrected chi connectivity index (χ3v) is 3.23. The molecule has 5 nitrogen and oxygen atoms in total. The van der Waals surface area contributed by atoms with Crippen LogP contribution in [-0.4, -0.2) is 42.4 Å². The van der Waals surface area contributed by atoms with Crippen LogP contribution >= 0.6 is 24.8 Å². The summed E-state index contributed by atoms with van der Waals surface area (Å²) >= 11 is 0. The highest BCUT2D eigenvalue weighted by Gasteiger charge is 2.30. The number of halogens is 4. The number of nitro benzene ring substituents is 1. The second-order valence-electron chi connectivity index (χ2n) is 4.41. The number of rotatable bonds is 4. The largest absolute Gasteiger partial charge is 0.314 e. The first-order chi connectivity index (χ1) is 9.09. The molecule has 2 rings (SSSR count). The summed E-state index contributed by atoms with van der Waals surface area (Å²) in [5.41, 5.74) is 0.333. The van der Waals surface area contributed by atoms with Gasteiger partial charge in [-0.1, -0.05) is 12.1 Å². The van der Waals surface area contributed by atoms with E-state index in [0.717, 1.165) is 0 Å². The molecule has 0 aliphatic carbocycles. The molecule has 0 saturated carbocycles. The van der Waals surface area contributed by atoms with E-state index < -0.39 is 17.4 Å². The SMILES string of the molecule is Cl.Cl.O=[N+]([O-])c1ccc([C@@H](C(F)F)N2CCNCC2)cc1. The summed E-state index contributed by atoms with van der Waals surface area (Å²) in [4.78, 5) is 11.7. The summed E-state index contributed by atoms with van der Waals surface area (Å²) in [7, 11) is 0. The summed E-state index contributed by atoms with van der Waals surface area (Å²) in [6, 6.07) is 4.37. The van der Waals surface area contributed by atoms with Gasteiger partial charge in [-0.3, -0.25) is 15.0 Å². The molecule has 1 saturated heterocycles. The van der Waals surface area contributed by atoms with E-state index in [1.165, 1.54) is 24.3 Å². The normalized spacial score (nSPS) is 16.7. The third kappa shape index (κ3) is 5.03. The van der Waals surface area contributed by atoms with Gasteiger partial charge < -0.3 is 5.32 Å². The van der Waals surface area contributed by atoms with E-state index >= 15 is 0 Å². The van der Waals surface area contributed by atoms with Crippen LogP contribution in [0.25, 0.3) is 0 Å². The summed E-state index contributed by atoms with van der Waals surface area (Å²) in [6.07, 6.45) is -2.51. The molecular formula is C12H17Cl2F2N3O2. The van der Waals surface area contributed by atoms with E-state index in [1.807, 2.05) is 0 Å². The number of non-ortho nitro benzene ring substituents is 1. The molecule has 0 bridgehead atoms. The Labute approximate surface area is 133 Å². The first kappa shape index (κ1) is 20.0. The minimum Gasteiger partial charge on any atom is -0.314 e. The maximum atomic E-state index is 13.2. The molecule has 0 amide bonds. The summed E-state index contributed by atoms with van der Waals surface area (Å²) < 4.78 is 26.5. The lowest BCUT2D eigenvalue weighted by molar-refractivity contribution is -0.384. The van der Waals surface area contributed by atoms with Crippen molar-refractivity contribution < 1.29 is 13.7 Å². The highest BCUT2D eigenvalue weighted by molar-refractivity contribution is 5.85. The molecule has 1 aromatic rings. The van der Waals surface area contributed by atoms with Crippen LogP contribution in [0.1, 0.15) is 11.6 Å². The third-order valence-electron chi connectivity index (χ3n) is 3.23. The minimum absolute atomic E-state index is 0. The lowest BCUT2D eigenvalue weighted by Gasteiger charge is -2.34. The first-order valence-electron chi connectivity index (χ1n) is 6.07. The van der Waals surface area contributed by atoms with Gasteiger partial charge in [0.25, 0.3) is 12.1 Å². The van der Waals surface area contributed by atoms with E-state index in [0.29, 0.717) is 31.7 Å². The smallest absolute Gasteiger partial charge is 0.269 e. The van der Waals surface area contributed by atoms with Crippen molar-refractivity contribution in [3.8, 4) is 0 Å². The number of nitro groups is 1. The Balaban J connectivity index is 0.00000200. The molecule has 21 heavy (non-hydrogen) atoms. The van der Waals surface area contributed by atoms with E-state index in [1.54, 1.807) is 4.90 Å². The second kappa shape index (κ2) is 9.09. The maximum Gasteiger partial charge on any atom is 0.269 e. The number of piperazine rings is 1. The molecule has 9 heteroatoms. The lowest BCUT2D eigenvalue weighted by Crippen LogP contribution is -2.46. The molecule has 120 valence electrons. The van der Waals surface area contributed by atoms with Gasteiger partial charge in [-0.05, 0) is 5.56 Å². The van der Waals surface area contributed by atoms with E-state index in [4.69, 9.17) is 0 Å². The molecule has 1 aliphatic heterocycles. The van der Waals surface area contributed by atoms with E-state index in [9.17, 15) is 18.9 Å². The van der Waals surface area contributed by atoms with Gasteiger partial charge in [0.2, 0.25) is 0 Å². The monoisotopic (exact) mass is 343 g/mol. The molecule has 1 heterocycles. The Hall–Kier alpha value is -1.02. The molecule has 0 unspecified atom stereocenters. The summed E-state index contributed by atoms with van der Waals surface area (Å²) in [5, 5.41) is 13.7. The number of nitrogens with zero attached hydrogens (tertiary/aromatic N) is 2. The predicted molar refractivity (Wildman–Crippen MR) is 80.8 cm³/mol. The fraction of sp³-hybridized carbons (Fsp3) is 0.500. The number of benzene rings is 1. The van der Waals surface area contributed by atoms with Crippen molar-refractivity contribution in [2.45, 2.75) is 12.5 Å². The quantitative estimate of drug-likeness (QED) is 0.674. The number of nitrogens with one attached hydrogen (secondary N) is 1. The van der Waals surface area contributed by atoms with Crippen LogP contribution in [0.3, 0.4) is 0 Å². The fourth-order valence-corrected chi connectivity index (χ4v) is 2.27. The standard InChI is InChI=1S/C12H15F2N3O2.2ClH/c13-12(14)11(16-7-5-15-6-8-16)9-1-3-10(4-2-9)17(18)19;;/h1-4,11-12,15H,5-8H2;2*1H/t11-;;/m0../s1. The van der Waals surface area contributed by atoms with Crippen LogP contribution < -0.4 is 5.32 Å². The Kier molecular flexibility index (Phi) is 8.65. The molecule has 0 radical (unpaired) electrons. The van der Waals surface area contributed by atoms with Gasteiger partial charge in [0.1, 0.15) is 0 Å². The van der Waals surface area contributed by atoms with Crippen LogP contribution in [-0.2, 0) is 0 Å². The van der Waals surface area contributed by atoms with Gasteiger partial charge in [-0.2, -0.15) is 0 Å². The fourth-order valence-electron chi connectivity index (χ4n) is 2.27. The molecule has 1 aliphatic rings. The number of hydrogen-bond acceptors (Lipinski definition) is 4. The average Bonchev–Trinajstić information content (AvgIpc) is 2.40. The molecule has 1 fully saturated rings. The zero-order valence-electron chi connectivity index (χ0n) is 11.1. The van der Waals surface area contributed by atoms with Crippen molar-refractivity contribution in [2.75, 3.05) is 26.2 Å². The summed E-state index contributed by atoms with van der Waals surface area (Å²) in [6.45, 7) is 2.45. The first-order valence-corrected chi connectivity index (χ1v) is 6.07. The topological polar surface area (TPSA) is 58.4 Å². The van der Waals surface area contributed by atoms with Crippen molar-refractivity contribution in [1.82, 2.24) is 10.2 Å². The van der Waals surface area contributed by atoms with Gasteiger partial charge in [-0.25, -0.2) is 8.78 Å². The second-order valence-corrected chi connectivity index (χ2v) is 4.41. The molecule has 0 spiro atoms. The molecule has 1 atom stereocenters.